The first-order chi connectivity index (χ1) is 15.0. The third-order valence-corrected chi connectivity index (χ3v) is 6.62. The number of furan rings is 1. The second-order valence-corrected chi connectivity index (χ2v) is 8.64. The van der Waals surface area contributed by atoms with E-state index in [0.29, 0.717) is 24.6 Å². The largest absolute Gasteiger partial charge is 0.459 e. The van der Waals surface area contributed by atoms with Crippen molar-refractivity contribution in [2.24, 2.45) is 0 Å². The van der Waals surface area contributed by atoms with Crippen molar-refractivity contribution in [3.05, 3.63) is 65.9 Å². The van der Waals surface area contributed by atoms with Crippen molar-refractivity contribution in [1.29, 1.82) is 0 Å². The van der Waals surface area contributed by atoms with E-state index >= 15 is 0 Å². The molecule has 1 aliphatic heterocycles. The number of carbonyl (C=O) groups excluding carboxylic acids is 2. The first-order valence-corrected chi connectivity index (χ1v) is 11.4. The van der Waals surface area contributed by atoms with Crippen LogP contribution >= 0.6 is 11.8 Å². The number of benzene rings is 1. The number of hydrogen-bond donors (Lipinski definition) is 1. The molecule has 2 amide bonds. The molecular weight excluding hydrogens is 412 g/mol. The number of aryl methyl sites for hydroxylation is 1. The highest BCUT2D eigenvalue weighted by Gasteiger charge is 2.26. The zero-order valence-electron chi connectivity index (χ0n) is 17.7. The van der Waals surface area contributed by atoms with Gasteiger partial charge in [0, 0.05) is 31.5 Å². The average Bonchev–Trinajstić information content (AvgIpc) is 3.46. The fraction of sp³-hybridized carbons (Fsp3) is 0.348. The molecule has 7 nitrogen and oxygen atoms in total. The van der Waals surface area contributed by atoms with Crippen LogP contribution in [0.5, 0.6) is 0 Å². The number of amides is 2. The number of likely N-dealkylation sites (tertiary alicyclic amines) is 1. The highest BCUT2D eigenvalue weighted by molar-refractivity contribution is 7.99. The van der Waals surface area contributed by atoms with Crippen molar-refractivity contribution in [3.8, 4) is 5.69 Å². The zero-order valence-corrected chi connectivity index (χ0v) is 18.5. The van der Waals surface area contributed by atoms with E-state index in [1.807, 2.05) is 16.8 Å². The van der Waals surface area contributed by atoms with Gasteiger partial charge in [-0.1, -0.05) is 23.9 Å². The molecule has 2 aromatic heterocycles. The maximum absolute atomic E-state index is 12.5. The average molecular weight is 439 g/mol. The van der Waals surface area contributed by atoms with Crippen LogP contribution in [0.25, 0.3) is 5.69 Å². The summed E-state index contributed by atoms with van der Waals surface area (Å²) in [5.41, 5.74) is 3.49. The van der Waals surface area contributed by atoms with Gasteiger partial charge in [0.05, 0.1) is 17.7 Å². The van der Waals surface area contributed by atoms with Gasteiger partial charge in [0.1, 0.15) is 0 Å². The Balaban J connectivity index is 1.28. The van der Waals surface area contributed by atoms with Gasteiger partial charge in [-0.15, -0.1) is 0 Å². The number of piperidine rings is 1. The lowest BCUT2D eigenvalue weighted by atomic mass is 10.0. The van der Waals surface area contributed by atoms with E-state index in [0.717, 1.165) is 23.7 Å². The van der Waals surface area contributed by atoms with E-state index in [1.54, 1.807) is 23.2 Å². The van der Waals surface area contributed by atoms with Gasteiger partial charge in [0.2, 0.25) is 5.91 Å². The van der Waals surface area contributed by atoms with Crippen molar-refractivity contribution >= 4 is 23.6 Å². The number of rotatable bonds is 6. The fourth-order valence-electron chi connectivity index (χ4n) is 3.76. The minimum absolute atomic E-state index is 0.0173. The Labute approximate surface area is 185 Å². The van der Waals surface area contributed by atoms with Crippen molar-refractivity contribution in [1.82, 2.24) is 19.8 Å². The summed E-state index contributed by atoms with van der Waals surface area (Å²) in [7, 11) is 0. The molecule has 3 aromatic rings. The normalized spacial score (nSPS) is 14.6. The molecule has 1 aliphatic rings. The molecule has 0 bridgehead atoms. The third kappa shape index (κ3) is 4.85. The Kier molecular flexibility index (Phi) is 6.46. The molecule has 1 aromatic carbocycles. The quantitative estimate of drug-likeness (QED) is 0.595. The summed E-state index contributed by atoms with van der Waals surface area (Å²) in [6, 6.07) is 9.64. The second kappa shape index (κ2) is 9.43. The molecule has 1 N–H and O–H groups in total. The van der Waals surface area contributed by atoms with Gasteiger partial charge in [-0.3, -0.25) is 14.2 Å². The molecule has 8 heteroatoms. The van der Waals surface area contributed by atoms with Gasteiger partial charge in [0.25, 0.3) is 5.91 Å². The lowest BCUT2D eigenvalue weighted by Gasteiger charge is -2.31. The highest BCUT2D eigenvalue weighted by Crippen LogP contribution is 2.24. The molecular formula is C23H26N4O3S. The molecule has 162 valence electrons. The monoisotopic (exact) mass is 438 g/mol. The summed E-state index contributed by atoms with van der Waals surface area (Å²) in [6.07, 6.45) is 6.66. The molecule has 3 heterocycles. The van der Waals surface area contributed by atoms with Gasteiger partial charge in [-0.2, -0.15) is 0 Å². The predicted octanol–water partition coefficient (Wildman–Crippen LogP) is 3.60. The first kappa shape index (κ1) is 21.2. The Morgan fingerprint density at radius 3 is 2.74 bits per heavy atom. The van der Waals surface area contributed by atoms with Crippen molar-refractivity contribution < 1.29 is 14.0 Å². The van der Waals surface area contributed by atoms with Gasteiger partial charge in [-0.25, -0.2) is 4.98 Å². The van der Waals surface area contributed by atoms with Gasteiger partial charge >= 0.3 is 0 Å². The molecule has 1 saturated heterocycles. The molecule has 31 heavy (non-hydrogen) atoms. The molecule has 0 radical (unpaired) electrons. The smallest absolute Gasteiger partial charge is 0.289 e. The van der Waals surface area contributed by atoms with E-state index in [1.165, 1.54) is 29.2 Å². The number of imidazole rings is 1. The van der Waals surface area contributed by atoms with Gasteiger partial charge < -0.3 is 14.6 Å². The number of hydrogen-bond acceptors (Lipinski definition) is 5. The van der Waals surface area contributed by atoms with Gasteiger partial charge in [0.15, 0.2) is 10.9 Å². The molecule has 1 fully saturated rings. The third-order valence-electron chi connectivity index (χ3n) is 5.65. The molecule has 4 rings (SSSR count). The van der Waals surface area contributed by atoms with Crippen LogP contribution in [0, 0.1) is 13.8 Å². The van der Waals surface area contributed by atoms with Crippen molar-refractivity contribution in [2.45, 2.75) is 37.9 Å². The highest BCUT2D eigenvalue weighted by atomic mass is 32.2. The van der Waals surface area contributed by atoms with Crippen molar-refractivity contribution in [3.63, 3.8) is 0 Å². The van der Waals surface area contributed by atoms with Crippen LogP contribution in [0.2, 0.25) is 0 Å². The topological polar surface area (TPSA) is 80.4 Å². The van der Waals surface area contributed by atoms with E-state index in [4.69, 9.17) is 4.42 Å². The molecule has 0 atom stereocenters. The lowest BCUT2D eigenvalue weighted by molar-refractivity contribution is -0.119. The van der Waals surface area contributed by atoms with Crippen LogP contribution in [0.3, 0.4) is 0 Å². The Morgan fingerprint density at radius 2 is 2.00 bits per heavy atom. The SMILES string of the molecule is Cc1cccc(-n2ccnc2SCC(=O)NC2CCN(C(=O)c3ccco3)CC2)c1C. The first-order valence-electron chi connectivity index (χ1n) is 10.4. The summed E-state index contributed by atoms with van der Waals surface area (Å²) in [5.74, 6) is 0.547. The summed E-state index contributed by atoms with van der Waals surface area (Å²) in [6.45, 7) is 5.39. The maximum atomic E-state index is 12.5. The summed E-state index contributed by atoms with van der Waals surface area (Å²) in [4.78, 5) is 31.1. The summed E-state index contributed by atoms with van der Waals surface area (Å²) >= 11 is 1.43. The summed E-state index contributed by atoms with van der Waals surface area (Å²) in [5, 5.41) is 3.89. The molecule has 0 unspecified atom stereocenters. The number of nitrogens with zero attached hydrogens (tertiary/aromatic N) is 3. The van der Waals surface area contributed by atoms with E-state index in [-0.39, 0.29) is 17.9 Å². The standard InChI is InChI=1S/C23H26N4O3S/c1-16-5-3-6-19(17(16)2)27-13-10-24-23(27)31-15-21(28)25-18-8-11-26(12-9-18)22(29)20-7-4-14-30-20/h3-7,10,13-14,18H,8-9,11-12,15H2,1-2H3,(H,25,28). The number of thioether (sulfide) groups is 1. The minimum atomic E-state index is -0.0939. The zero-order chi connectivity index (χ0) is 21.8. The minimum Gasteiger partial charge on any atom is -0.459 e. The predicted molar refractivity (Wildman–Crippen MR) is 120 cm³/mol. The maximum Gasteiger partial charge on any atom is 0.289 e. The molecule has 0 spiro atoms. The van der Waals surface area contributed by atoms with Crippen LogP contribution in [-0.2, 0) is 4.79 Å². The van der Waals surface area contributed by atoms with E-state index < -0.39 is 0 Å². The molecule has 0 saturated carbocycles. The van der Waals surface area contributed by atoms with Crippen LogP contribution in [-0.4, -0.2) is 51.1 Å². The Morgan fingerprint density at radius 1 is 1.19 bits per heavy atom. The number of carbonyl (C=O) groups is 2. The van der Waals surface area contributed by atoms with E-state index in [2.05, 4.69) is 36.3 Å². The molecule has 0 aliphatic carbocycles. The Bertz CT molecular complexity index is 1050. The fourth-order valence-corrected chi connectivity index (χ4v) is 4.54. The Hall–Kier alpha value is -3.00. The van der Waals surface area contributed by atoms with Crippen LogP contribution in [0.4, 0.5) is 0 Å². The van der Waals surface area contributed by atoms with Crippen LogP contribution in [0.15, 0.2) is 58.6 Å². The van der Waals surface area contributed by atoms with Crippen LogP contribution < -0.4 is 5.32 Å². The lowest BCUT2D eigenvalue weighted by Crippen LogP contribution is -2.46. The number of nitrogens with one attached hydrogen (secondary N) is 1. The van der Waals surface area contributed by atoms with Crippen molar-refractivity contribution in [2.75, 3.05) is 18.8 Å². The van der Waals surface area contributed by atoms with Crippen LogP contribution in [0.1, 0.15) is 34.5 Å². The summed E-state index contributed by atoms with van der Waals surface area (Å²) < 4.78 is 7.22. The second-order valence-electron chi connectivity index (χ2n) is 7.70. The van der Waals surface area contributed by atoms with Gasteiger partial charge in [-0.05, 0) is 56.0 Å². The van der Waals surface area contributed by atoms with E-state index in [9.17, 15) is 9.59 Å². The number of aromatic nitrogens is 2.